The number of hydrogen-bond acceptors (Lipinski definition) is 6. The second-order valence-electron chi connectivity index (χ2n) is 5.47. The smallest absolute Gasteiger partial charge is 0.328 e. The fourth-order valence-electron chi connectivity index (χ4n) is 2.44. The van der Waals surface area contributed by atoms with Gasteiger partial charge < -0.3 is 15.3 Å². The summed E-state index contributed by atoms with van der Waals surface area (Å²) in [4.78, 5) is 28.7. The van der Waals surface area contributed by atoms with E-state index in [4.69, 9.17) is 16.4 Å². The fourth-order valence-corrected chi connectivity index (χ4v) is 2.44. The van der Waals surface area contributed by atoms with Crippen LogP contribution in [0.1, 0.15) is 24.0 Å². The van der Waals surface area contributed by atoms with E-state index < -0.39 is 23.8 Å². The molecule has 0 radical (unpaired) electrons. The Kier molecular flexibility index (Phi) is 5.92. The molecule has 0 aliphatic heterocycles. The Morgan fingerprint density at radius 3 is 2.38 bits per heavy atom. The first-order valence-electron chi connectivity index (χ1n) is 7.49. The van der Waals surface area contributed by atoms with Gasteiger partial charge in [-0.3, -0.25) is 9.59 Å². The summed E-state index contributed by atoms with van der Waals surface area (Å²) in [5.41, 5.74) is 7.69. The van der Waals surface area contributed by atoms with Gasteiger partial charge in [0.1, 0.15) is 6.61 Å². The zero-order valence-corrected chi connectivity index (χ0v) is 13.3. The van der Waals surface area contributed by atoms with Crippen LogP contribution in [-0.4, -0.2) is 11.9 Å². The van der Waals surface area contributed by atoms with E-state index in [1.54, 1.807) is 31.2 Å². The van der Waals surface area contributed by atoms with Gasteiger partial charge in [-0.1, -0.05) is 49.4 Å². The van der Waals surface area contributed by atoms with Crippen LogP contribution in [0.2, 0.25) is 0 Å². The summed E-state index contributed by atoms with van der Waals surface area (Å²) in [6, 6.07) is 16.0. The van der Waals surface area contributed by atoms with Crippen LogP contribution in [0.15, 0.2) is 54.6 Å². The van der Waals surface area contributed by atoms with E-state index in [1.807, 2.05) is 30.3 Å². The molecule has 2 aromatic rings. The summed E-state index contributed by atoms with van der Waals surface area (Å²) in [5, 5.41) is 0. The molecule has 0 heterocycles. The molecule has 0 aliphatic rings. The third-order valence-electron chi connectivity index (χ3n) is 3.74. The molecule has 0 saturated heterocycles. The maximum atomic E-state index is 12.6. The zero-order chi connectivity index (χ0) is 17.5. The minimum absolute atomic E-state index is 0.114. The molecule has 6 nitrogen and oxygen atoms in total. The number of nitrogens with two attached hydrogens (primary N) is 2. The lowest BCUT2D eigenvalue weighted by Gasteiger charge is -2.21. The summed E-state index contributed by atoms with van der Waals surface area (Å²) >= 11 is 0. The highest BCUT2D eigenvalue weighted by Gasteiger charge is 2.34. The van der Waals surface area contributed by atoms with Crippen LogP contribution in [0.3, 0.4) is 0 Å². The molecule has 0 spiro atoms. The molecule has 0 aromatic heterocycles. The number of nitrogen functional groups attached to an aromatic ring is 1. The second-order valence-corrected chi connectivity index (χ2v) is 5.47. The summed E-state index contributed by atoms with van der Waals surface area (Å²) in [7, 11) is 0. The molecule has 0 fully saturated rings. The summed E-state index contributed by atoms with van der Waals surface area (Å²) < 4.78 is 5.37. The van der Waals surface area contributed by atoms with Crippen molar-refractivity contribution in [1.82, 2.24) is 0 Å². The maximum absolute atomic E-state index is 12.6. The largest absolute Gasteiger partial charge is 0.460 e. The number of ether oxygens (including phenoxy) is 1. The van der Waals surface area contributed by atoms with Crippen LogP contribution >= 0.6 is 0 Å². The monoisotopic (exact) mass is 328 g/mol. The molecular weight excluding hydrogens is 308 g/mol. The lowest BCUT2D eigenvalue weighted by Crippen LogP contribution is -2.30. The van der Waals surface area contributed by atoms with E-state index in [1.165, 1.54) is 0 Å². The van der Waals surface area contributed by atoms with Crippen LogP contribution in [0.5, 0.6) is 0 Å². The van der Waals surface area contributed by atoms with Crippen LogP contribution in [0.4, 0.5) is 5.69 Å². The van der Waals surface area contributed by atoms with Gasteiger partial charge in [0.2, 0.25) is 0 Å². The predicted molar refractivity (Wildman–Crippen MR) is 89.3 cm³/mol. The molecule has 0 amide bonds. The van der Waals surface area contributed by atoms with Crippen molar-refractivity contribution >= 4 is 17.6 Å². The van der Waals surface area contributed by atoms with Gasteiger partial charge in [0.05, 0.1) is 11.8 Å². The second kappa shape index (κ2) is 8.12. The number of carbonyl (C=O) groups is 2. The van der Waals surface area contributed by atoms with Gasteiger partial charge in [0, 0.05) is 5.69 Å². The fraction of sp³-hybridized carbons (Fsp3) is 0.222. The Labute approximate surface area is 140 Å². The molecule has 2 atom stereocenters. The normalized spacial score (nSPS) is 12.9. The van der Waals surface area contributed by atoms with E-state index in [0.717, 1.165) is 5.56 Å². The number of benzene rings is 2. The quantitative estimate of drug-likeness (QED) is 0.478. The van der Waals surface area contributed by atoms with Crippen LogP contribution in [0, 0.1) is 5.92 Å². The van der Waals surface area contributed by atoms with E-state index >= 15 is 0 Å². The molecule has 2 rings (SSSR count). The molecule has 24 heavy (non-hydrogen) atoms. The Hall–Kier alpha value is -2.86. The van der Waals surface area contributed by atoms with Crippen molar-refractivity contribution in [3.63, 3.8) is 0 Å². The van der Waals surface area contributed by atoms with Crippen molar-refractivity contribution in [3.05, 3.63) is 65.7 Å². The van der Waals surface area contributed by atoms with Gasteiger partial charge in [-0.2, -0.15) is 5.90 Å². The third kappa shape index (κ3) is 4.33. The number of anilines is 1. The summed E-state index contributed by atoms with van der Waals surface area (Å²) in [5.74, 6) is 2.06. The SMILES string of the molecule is CC(C(=O)ON)C(C(=O)OCc1ccccc1)c1cccc(N)c1. The van der Waals surface area contributed by atoms with Crippen molar-refractivity contribution in [2.75, 3.05) is 5.73 Å². The van der Waals surface area contributed by atoms with Crippen LogP contribution < -0.4 is 11.6 Å². The molecule has 0 saturated carbocycles. The zero-order valence-electron chi connectivity index (χ0n) is 13.3. The van der Waals surface area contributed by atoms with E-state index in [0.29, 0.717) is 11.3 Å². The molecule has 0 bridgehead atoms. The minimum Gasteiger partial charge on any atom is -0.460 e. The summed E-state index contributed by atoms with van der Waals surface area (Å²) in [6.45, 7) is 1.68. The van der Waals surface area contributed by atoms with Crippen LogP contribution in [0.25, 0.3) is 0 Å². The van der Waals surface area contributed by atoms with Gasteiger partial charge in [-0.15, -0.1) is 0 Å². The number of esters is 1. The Bertz CT molecular complexity index is 703. The predicted octanol–water partition coefficient (Wildman–Crippen LogP) is 2.15. The van der Waals surface area contributed by atoms with Crippen molar-refractivity contribution in [2.45, 2.75) is 19.4 Å². The lowest BCUT2D eigenvalue weighted by atomic mass is 9.87. The average molecular weight is 328 g/mol. The molecule has 6 heteroatoms. The van der Waals surface area contributed by atoms with Gasteiger partial charge >= 0.3 is 11.9 Å². The Balaban J connectivity index is 2.21. The van der Waals surface area contributed by atoms with Crippen molar-refractivity contribution in [3.8, 4) is 0 Å². The molecule has 2 unspecified atom stereocenters. The minimum atomic E-state index is -0.853. The van der Waals surface area contributed by atoms with Crippen molar-refractivity contribution in [1.29, 1.82) is 0 Å². The number of rotatable bonds is 6. The number of carbonyl (C=O) groups excluding carboxylic acids is 2. The van der Waals surface area contributed by atoms with Gasteiger partial charge in [-0.05, 0) is 23.3 Å². The van der Waals surface area contributed by atoms with Crippen molar-refractivity contribution in [2.24, 2.45) is 11.8 Å². The molecule has 2 aromatic carbocycles. The van der Waals surface area contributed by atoms with E-state index in [-0.39, 0.29) is 6.61 Å². The molecule has 126 valence electrons. The highest BCUT2D eigenvalue weighted by molar-refractivity contribution is 5.86. The highest BCUT2D eigenvalue weighted by atomic mass is 16.7. The number of hydrogen-bond donors (Lipinski definition) is 2. The Morgan fingerprint density at radius 2 is 1.75 bits per heavy atom. The average Bonchev–Trinajstić information content (AvgIpc) is 2.60. The first kappa shape index (κ1) is 17.5. The van der Waals surface area contributed by atoms with Gasteiger partial charge in [-0.25, -0.2) is 0 Å². The first-order valence-corrected chi connectivity index (χ1v) is 7.49. The third-order valence-corrected chi connectivity index (χ3v) is 3.74. The van der Waals surface area contributed by atoms with Gasteiger partial charge in [0.25, 0.3) is 0 Å². The highest BCUT2D eigenvalue weighted by Crippen LogP contribution is 2.28. The summed E-state index contributed by atoms with van der Waals surface area (Å²) in [6.07, 6.45) is 0. The molecule has 4 N–H and O–H groups in total. The lowest BCUT2D eigenvalue weighted by molar-refractivity contribution is -0.157. The molecule has 0 aliphatic carbocycles. The van der Waals surface area contributed by atoms with Gasteiger partial charge in [0.15, 0.2) is 0 Å². The molecular formula is C18H20N2O4. The first-order chi connectivity index (χ1) is 11.5. The maximum Gasteiger partial charge on any atom is 0.328 e. The Morgan fingerprint density at radius 1 is 1.04 bits per heavy atom. The standard InChI is InChI=1S/C18H20N2O4/c1-12(17(21)24-20)16(14-8-5-9-15(19)10-14)18(22)23-11-13-6-3-2-4-7-13/h2-10,12,16H,11,19-20H2,1H3. The van der Waals surface area contributed by atoms with Crippen molar-refractivity contribution < 1.29 is 19.2 Å². The van der Waals surface area contributed by atoms with E-state index in [2.05, 4.69) is 4.84 Å². The van der Waals surface area contributed by atoms with E-state index in [9.17, 15) is 9.59 Å². The topological polar surface area (TPSA) is 105 Å². The van der Waals surface area contributed by atoms with Crippen LogP contribution in [-0.2, 0) is 25.8 Å².